The minimum atomic E-state index is -0.396. The van der Waals surface area contributed by atoms with Crippen LogP contribution in [0.3, 0.4) is 0 Å². The number of carbonyl (C=O) groups is 1. The van der Waals surface area contributed by atoms with E-state index >= 15 is 0 Å². The average molecular weight is 364 g/mol. The Hall–Kier alpha value is -3.08. The van der Waals surface area contributed by atoms with Crippen molar-refractivity contribution in [2.45, 2.75) is 33.3 Å². The summed E-state index contributed by atoms with van der Waals surface area (Å²) in [5.74, 6) is 1.28. The van der Waals surface area contributed by atoms with Gasteiger partial charge in [0.25, 0.3) is 0 Å². The molecule has 138 valence electrons. The van der Waals surface area contributed by atoms with E-state index in [1.54, 1.807) is 20.1 Å². The summed E-state index contributed by atoms with van der Waals surface area (Å²) in [4.78, 5) is 25.0. The van der Waals surface area contributed by atoms with Gasteiger partial charge < -0.3 is 13.9 Å². The van der Waals surface area contributed by atoms with Crippen LogP contribution in [0.1, 0.15) is 45.1 Å². The average Bonchev–Trinajstić information content (AvgIpc) is 2.65. The highest BCUT2D eigenvalue weighted by molar-refractivity contribution is 6.07. The van der Waals surface area contributed by atoms with Crippen LogP contribution in [-0.4, -0.2) is 12.9 Å². The topological polar surface area (TPSA) is 65.7 Å². The first-order chi connectivity index (χ1) is 12.9. The fourth-order valence-corrected chi connectivity index (χ4v) is 3.63. The maximum atomic E-state index is 12.9. The molecule has 0 N–H and O–H groups in total. The molecule has 27 heavy (non-hydrogen) atoms. The normalized spacial score (nSPS) is 16.1. The Morgan fingerprint density at radius 2 is 1.74 bits per heavy atom. The first kappa shape index (κ1) is 17.3. The van der Waals surface area contributed by atoms with Crippen LogP contribution in [0, 0.1) is 20.8 Å². The summed E-state index contributed by atoms with van der Waals surface area (Å²) in [7, 11) is 1.61. The molecule has 1 aromatic heterocycles. The number of Topliss-reactive ketones (excluding diaryl/α,β-unsaturated/α-hetero) is 1. The lowest BCUT2D eigenvalue weighted by atomic mass is 9.90. The molecule has 0 amide bonds. The van der Waals surface area contributed by atoms with Gasteiger partial charge in [0.15, 0.2) is 5.78 Å². The smallest absolute Gasteiger partial charge is 0.339 e. The number of benzene rings is 2. The summed E-state index contributed by atoms with van der Waals surface area (Å²) in [6.07, 6.45) is -0.131. The number of fused-ring (bicyclic) bond motifs is 3. The molecule has 5 nitrogen and oxygen atoms in total. The molecule has 0 spiro atoms. The van der Waals surface area contributed by atoms with Crippen LogP contribution < -0.4 is 15.1 Å². The molecule has 4 rings (SSSR count). The predicted molar refractivity (Wildman–Crippen MR) is 102 cm³/mol. The third-order valence-electron chi connectivity index (χ3n) is 5.29. The van der Waals surface area contributed by atoms with Gasteiger partial charge in [0.05, 0.1) is 24.5 Å². The van der Waals surface area contributed by atoms with Crippen molar-refractivity contribution in [1.82, 2.24) is 0 Å². The van der Waals surface area contributed by atoms with E-state index in [-0.39, 0.29) is 17.8 Å². The molecule has 2 aromatic carbocycles. The summed E-state index contributed by atoms with van der Waals surface area (Å²) in [6.45, 7) is 5.41. The van der Waals surface area contributed by atoms with E-state index in [2.05, 4.69) is 0 Å². The summed E-state index contributed by atoms with van der Waals surface area (Å²) in [5, 5.41) is 0.694. The van der Waals surface area contributed by atoms with Crippen molar-refractivity contribution in [2.75, 3.05) is 7.11 Å². The van der Waals surface area contributed by atoms with E-state index in [0.29, 0.717) is 27.8 Å². The van der Waals surface area contributed by atoms with Gasteiger partial charge in [-0.1, -0.05) is 12.1 Å². The minimum Gasteiger partial charge on any atom is -0.497 e. The number of hydrogen-bond acceptors (Lipinski definition) is 5. The summed E-state index contributed by atoms with van der Waals surface area (Å²) in [6, 6.07) is 9.25. The highest BCUT2D eigenvalue weighted by Gasteiger charge is 2.32. The van der Waals surface area contributed by atoms with Crippen molar-refractivity contribution in [3.63, 3.8) is 0 Å². The molecule has 1 aliphatic rings. The Morgan fingerprint density at radius 3 is 2.41 bits per heavy atom. The van der Waals surface area contributed by atoms with Gasteiger partial charge >= 0.3 is 5.63 Å². The van der Waals surface area contributed by atoms with E-state index in [4.69, 9.17) is 13.9 Å². The van der Waals surface area contributed by atoms with Crippen molar-refractivity contribution in [3.05, 3.63) is 68.6 Å². The van der Waals surface area contributed by atoms with E-state index in [1.165, 1.54) is 0 Å². The fourth-order valence-electron chi connectivity index (χ4n) is 3.63. The second-order valence-corrected chi connectivity index (χ2v) is 6.92. The standard InChI is InChI=1S/C22H20O5/c1-11-9-18-20(12(2)13(3)22(24)27-18)21-19(11)16(23)10-17(26-21)14-5-7-15(25-4)8-6-14/h5-9,17H,10H2,1-4H3. The Bertz CT molecular complexity index is 1120. The SMILES string of the molecule is COc1ccc(C2CC(=O)c3c(C)cc4oc(=O)c(C)c(C)c4c3O2)cc1. The van der Waals surface area contributed by atoms with Crippen LogP contribution in [-0.2, 0) is 0 Å². The highest BCUT2D eigenvalue weighted by Crippen LogP contribution is 2.43. The highest BCUT2D eigenvalue weighted by atomic mass is 16.5. The molecule has 1 unspecified atom stereocenters. The Balaban J connectivity index is 1.91. The van der Waals surface area contributed by atoms with Crippen LogP contribution in [0.25, 0.3) is 11.0 Å². The molecule has 0 saturated carbocycles. The molecule has 3 aromatic rings. The number of ketones is 1. The van der Waals surface area contributed by atoms with Crippen molar-refractivity contribution < 1.29 is 18.7 Å². The maximum absolute atomic E-state index is 12.9. The van der Waals surface area contributed by atoms with Gasteiger partial charge in [0, 0.05) is 5.56 Å². The van der Waals surface area contributed by atoms with Gasteiger partial charge in [-0.15, -0.1) is 0 Å². The molecule has 5 heteroatoms. The zero-order valence-electron chi connectivity index (χ0n) is 15.7. The lowest BCUT2D eigenvalue weighted by Gasteiger charge is -2.28. The number of methoxy groups -OCH3 is 1. The van der Waals surface area contributed by atoms with Crippen LogP contribution in [0.15, 0.2) is 39.5 Å². The number of ether oxygens (including phenoxy) is 2. The Labute approximate surface area is 156 Å². The van der Waals surface area contributed by atoms with E-state index in [9.17, 15) is 9.59 Å². The number of rotatable bonds is 2. The second kappa shape index (κ2) is 6.27. The fraction of sp³-hybridized carbons (Fsp3) is 0.273. The van der Waals surface area contributed by atoms with Crippen molar-refractivity contribution in [2.24, 2.45) is 0 Å². The van der Waals surface area contributed by atoms with E-state index < -0.39 is 6.10 Å². The first-order valence-electron chi connectivity index (χ1n) is 8.82. The zero-order chi connectivity index (χ0) is 19.3. The summed E-state index contributed by atoms with van der Waals surface area (Å²) in [5.41, 5.74) is 3.61. The third kappa shape index (κ3) is 2.70. The van der Waals surface area contributed by atoms with Crippen LogP contribution >= 0.6 is 0 Å². The third-order valence-corrected chi connectivity index (χ3v) is 5.29. The van der Waals surface area contributed by atoms with Gasteiger partial charge in [0.1, 0.15) is 23.2 Å². The lowest BCUT2D eigenvalue weighted by molar-refractivity contribution is 0.0852. The first-order valence-corrected chi connectivity index (χ1v) is 8.82. The van der Waals surface area contributed by atoms with Gasteiger partial charge in [-0.2, -0.15) is 0 Å². The largest absolute Gasteiger partial charge is 0.497 e. The van der Waals surface area contributed by atoms with Crippen LogP contribution in [0.2, 0.25) is 0 Å². The maximum Gasteiger partial charge on any atom is 0.339 e. The predicted octanol–water partition coefficient (Wildman–Crippen LogP) is 4.43. The molecule has 0 fully saturated rings. The molecule has 2 heterocycles. The monoisotopic (exact) mass is 364 g/mol. The molecular formula is C22H20O5. The Morgan fingerprint density at radius 1 is 1.04 bits per heavy atom. The molecule has 0 bridgehead atoms. The van der Waals surface area contributed by atoms with E-state index in [1.807, 2.05) is 38.1 Å². The number of hydrogen-bond donors (Lipinski definition) is 0. The zero-order valence-corrected chi connectivity index (χ0v) is 15.7. The molecular weight excluding hydrogens is 344 g/mol. The van der Waals surface area contributed by atoms with Gasteiger partial charge in [-0.3, -0.25) is 4.79 Å². The minimum absolute atomic E-state index is 0.0275. The molecule has 0 radical (unpaired) electrons. The lowest BCUT2D eigenvalue weighted by Crippen LogP contribution is -2.22. The molecule has 0 aliphatic carbocycles. The number of aryl methyl sites for hydroxylation is 2. The summed E-state index contributed by atoms with van der Waals surface area (Å²) >= 11 is 0. The van der Waals surface area contributed by atoms with Gasteiger partial charge in [0.2, 0.25) is 0 Å². The van der Waals surface area contributed by atoms with Crippen molar-refractivity contribution in [3.8, 4) is 11.5 Å². The van der Waals surface area contributed by atoms with Crippen molar-refractivity contribution >= 4 is 16.8 Å². The summed E-state index contributed by atoms with van der Waals surface area (Å²) < 4.78 is 17.0. The van der Waals surface area contributed by atoms with Crippen molar-refractivity contribution in [1.29, 1.82) is 0 Å². The van der Waals surface area contributed by atoms with Crippen LogP contribution in [0.5, 0.6) is 11.5 Å². The second-order valence-electron chi connectivity index (χ2n) is 6.92. The quantitative estimate of drug-likeness (QED) is 0.629. The Kier molecular flexibility index (Phi) is 4.02. The molecule has 1 atom stereocenters. The molecule has 1 aliphatic heterocycles. The number of carbonyl (C=O) groups excluding carboxylic acids is 1. The van der Waals surface area contributed by atoms with Gasteiger partial charge in [-0.05, 0) is 55.7 Å². The van der Waals surface area contributed by atoms with Gasteiger partial charge in [-0.25, -0.2) is 4.79 Å². The molecule has 0 saturated heterocycles. The van der Waals surface area contributed by atoms with Crippen LogP contribution in [0.4, 0.5) is 0 Å². The van der Waals surface area contributed by atoms with E-state index in [0.717, 1.165) is 22.4 Å².